The minimum Gasteiger partial charge on any atom is -0.350 e. The number of fused-ring (bicyclic) bond motifs is 1. The maximum absolute atomic E-state index is 13.9. The van der Waals surface area contributed by atoms with Gasteiger partial charge < -0.3 is 16.0 Å². The van der Waals surface area contributed by atoms with Crippen molar-refractivity contribution in [2.45, 2.75) is 46.7 Å². The lowest BCUT2D eigenvalue weighted by molar-refractivity contribution is 0.0934. The van der Waals surface area contributed by atoms with Gasteiger partial charge in [0.15, 0.2) is 5.82 Å². The Bertz CT molecular complexity index is 1430. The molecule has 0 aliphatic rings. The third-order valence-electron chi connectivity index (χ3n) is 6.21. The molecule has 4 aromatic rings. The molecule has 1 unspecified atom stereocenters. The summed E-state index contributed by atoms with van der Waals surface area (Å²) in [5, 5.41) is 13.3. The van der Waals surface area contributed by atoms with Gasteiger partial charge in [-0.1, -0.05) is 31.2 Å². The van der Waals surface area contributed by atoms with Gasteiger partial charge in [0, 0.05) is 35.6 Å². The van der Waals surface area contributed by atoms with E-state index in [1.54, 1.807) is 41.0 Å². The molecular weight excluding hydrogens is 459 g/mol. The fourth-order valence-electron chi connectivity index (χ4n) is 3.83. The number of aromatic nitrogens is 3. The molecule has 0 radical (unpaired) electrons. The Morgan fingerprint density at radius 1 is 1.11 bits per heavy atom. The zero-order valence-corrected chi connectivity index (χ0v) is 20.7. The second-order valence-electron chi connectivity index (χ2n) is 8.78. The fraction of sp³-hybridized carbons (Fsp3) is 0.259. The molecular formula is C27H29FN6O2. The maximum Gasteiger partial charge on any atom is 0.253 e. The Balaban J connectivity index is 1.60. The molecule has 0 aliphatic heterocycles. The third kappa shape index (κ3) is 5.19. The van der Waals surface area contributed by atoms with Crippen molar-refractivity contribution in [2.24, 2.45) is 0 Å². The van der Waals surface area contributed by atoms with Gasteiger partial charge in [-0.3, -0.25) is 9.59 Å². The highest BCUT2D eigenvalue weighted by molar-refractivity contribution is 5.99. The Labute approximate surface area is 208 Å². The van der Waals surface area contributed by atoms with Crippen molar-refractivity contribution in [3.63, 3.8) is 0 Å². The predicted octanol–water partition coefficient (Wildman–Crippen LogP) is 4.69. The normalized spacial score (nSPS) is 11.8. The van der Waals surface area contributed by atoms with Crippen LogP contribution < -0.4 is 16.0 Å². The number of hydrogen-bond donors (Lipinski definition) is 3. The highest BCUT2D eigenvalue weighted by Gasteiger charge is 2.19. The van der Waals surface area contributed by atoms with E-state index >= 15 is 0 Å². The van der Waals surface area contributed by atoms with E-state index in [9.17, 15) is 14.0 Å². The molecule has 2 amide bonds. The summed E-state index contributed by atoms with van der Waals surface area (Å²) in [4.78, 5) is 29.9. The fourth-order valence-corrected chi connectivity index (χ4v) is 3.83. The van der Waals surface area contributed by atoms with Crippen LogP contribution in [0, 0.1) is 19.7 Å². The van der Waals surface area contributed by atoms with E-state index in [0.29, 0.717) is 33.6 Å². The highest BCUT2D eigenvalue weighted by atomic mass is 19.1. The predicted molar refractivity (Wildman–Crippen MR) is 137 cm³/mol. The van der Waals surface area contributed by atoms with Gasteiger partial charge in [-0.05, 0) is 56.5 Å². The molecule has 0 saturated heterocycles. The third-order valence-corrected chi connectivity index (χ3v) is 6.21. The van der Waals surface area contributed by atoms with Crippen molar-refractivity contribution in [1.29, 1.82) is 0 Å². The molecule has 2 aromatic heterocycles. The average Bonchev–Trinajstić information content (AvgIpc) is 3.21. The van der Waals surface area contributed by atoms with Crippen molar-refractivity contribution in [3.05, 3.63) is 88.6 Å². The number of carbonyl (C=O) groups excluding carboxylic acids is 2. The molecule has 36 heavy (non-hydrogen) atoms. The molecule has 0 spiro atoms. The van der Waals surface area contributed by atoms with Gasteiger partial charge >= 0.3 is 0 Å². The summed E-state index contributed by atoms with van der Waals surface area (Å²) in [6, 6.07) is 11.8. The molecule has 4 rings (SSSR count). The van der Waals surface area contributed by atoms with Crippen LogP contribution in [0.5, 0.6) is 0 Å². The zero-order valence-electron chi connectivity index (χ0n) is 20.7. The lowest BCUT2D eigenvalue weighted by Gasteiger charge is -2.14. The molecule has 1 atom stereocenters. The minimum atomic E-state index is -0.371. The van der Waals surface area contributed by atoms with Crippen LogP contribution in [0.4, 0.5) is 15.9 Å². The number of benzene rings is 2. The van der Waals surface area contributed by atoms with Gasteiger partial charge in [0.25, 0.3) is 11.8 Å². The molecule has 9 heteroatoms. The number of anilines is 2. The van der Waals surface area contributed by atoms with E-state index in [-0.39, 0.29) is 30.2 Å². The lowest BCUT2D eigenvalue weighted by Crippen LogP contribution is -2.31. The van der Waals surface area contributed by atoms with Crippen molar-refractivity contribution in [1.82, 2.24) is 25.2 Å². The topological polar surface area (TPSA) is 100 Å². The Morgan fingerprint density at radius 3 is 2.64 bits per heavy atom. The van der Waals surface area contributed by atoms with Crippen molar-refractivity contribution in [3.8, 4) is 0 Å². The molecule has 3 N–H and O–H groups in total. The maximum atomic E-state index is 13.9. The Hall–Kier alpha value is -4.27. The second-order valence-corrected chi connectivity index (χ2v) is 8.78. The van der Waals surface area contributed by atoms with Crippen LogP contribution >= 0.6 is 0 Å². The monoisotopic (exact) mass is 488 g/mol. The summed E-state index contributed by atoms with van der Waals surface area (Å²) < 4.78 is 15.5. The first-order valence-corrected chi connectivity index (χ1v) is 11.8. The summed E-state index contributed by atoms with van der Waals surface area (Å²) in [6.45, 7) is 7.79. The lowest BCUT2D eigenvalue weighted by atomic mass is 10.1. The standard InChI is InChI=1S/C27H29FN6O2/c1-5-17(3)32-26(35)19-11-10-16(2)23(12-19)33-25-24-18(4)21(14-34(24)31-15-30-25)27(36)29-13-20-8-6-7-9-22(20)28/h6-12,14-15,17H,5,13H2,1-4H3,(H,29,36)(H,32,35)(H,30,31,33). The van der Waals surface area contributed by atoms with Crippen LogP contribution in [0.1, 0.15) is 57.7 Å². The summed E-state index contributed by atoms with van der Waals surface area (Å²) in [7, 11) is 0. The van der Waals surface area contributed by atoms with Crippen molar-refractivity contribution < 1.29 is 14.0 Å². The van der Waals surface area contributed by atoms with Crippen LogP contribution in [-0.2, 0) is 6.54 Å². The smallest absolute Gasteiger partial charge is 0.253 e. The highest BCUT2D eigenvalue weighted by Crippen LogP contribution is 2.27. The first kappa shape index (κ1) is 24.8. The first-order chi connectivity index (χ1) is 17.3. The molecule has 2 aromatic carbocycles. The van der Waals surface area contributed by atoms with Crippen LogP contribution in [0.15, 0.2) is 55.0 Å². The molecule has 2 heterocycles. The van der Waals surface area contributed by atoms with E-state index in [1.165, 1.54) is 12.4 Å². The number of carbonyl (C=O) groups is 2. The number of aryl methyl sites for hydroxylation is 2. The number of nitrogens with one attached hydrogen (secondary N) is 3. The van der Waals surface area contributed by atoms with Gasteiger partial charge in [-0.25, -0.2) is 13.9 Å². The van der Waals surface area contributed by atoms with E-state index < -0.39 is 0 Å². The SMILES string of the molecule is CCC(C)NC(=O)c1ccc(C)c(Nc2ncnn3cc(C(=O)NCc4ccccc4F)c(C)c23)c1. The number of hydrogen-bond acceptors (Lipinski definition) is 5. The van der Waals surface area contributed by atoms with E-state index in [0.717, 1.165) is 17.7 Å². The van der Waals surface area contributed by atoms with Crippen LogP contribution in [0.2, 0.25) is 0 Å². The average molecular weight is 489 g/mol. The van der Waals surface area contributed by atoms with Crippen LogP contribution in [0.25, 0.3) is 5.52 Å². The second kappa shape index (κ2) is 10.6. The summed E-state index contributed by atoms with van der Waals surface area (Å²) in [6.07, 6.45) is 3.85. The van der Waals surface area contributed by atoms with Crippen molar-refractivity contribution in [2.75, 3.05) is 5.32 Å². The largest absolute Gasteiger partial charge is 0.350 e. The van der Waals surface area contributed by atoms with E-state index in [2.05, 4.69) is 26.0 Å². The van der Waals surface area contributed by atoms with Gasteiger partial charge in [0.2, 0.25) is 0 Å². The molecule has 8 nitrogen and oxygen atoms in total. The molecule has 0 aliphatic carbocycles. The van der Waals surface area contributed by atoms with Crippen LogP contribution in [0.3, 0.4) is 0 Å². The summed E-state index contributed by atoms with van der Waals surface area (Å²) >= 11 is 0. The van der Waals surface area contributed by atoms with E-state index in [1.807, 2.05) is 33.8 Å². The first-order valence-electron chi connectivity index (χ1n) is 11.8. The van der Waals surface area contributed by atoms with Gasteiger partial charge in [0.1, 0.15) is 17.7 Å². The molecule has 186 valence electrons. The number of rotatable bonds is 8. The molecule has 0 bridgehead atoms. The number of amides is 2. The summed E-state index contributed by atoms with van der Waals surface area (Å²) in [5.74, 6) is -0.359. The number of nitrogens with zero attached hydrogens (tertiary/aromatic N) is 3. The van der Waals surface area contributed by atoms with Gasteiger partial charge in [-0.15, -0.1) is 0 Å². The van der Waals surface area contributed by atoms with E-state index in [4.69, 9.17) is 0 Å². The van der Waals surface area contributed by atoms with Crippen molar-refractivity contribution >= 4 is 28.8 Å². The van der Waals surface area contributed by atoms with Crippen LogP contribution in [-0.4, -0.2) is 32.5 Å². The number of halogens is 1. The quantitative estimate of drug-likeness (QED) is 0.334. The Kier molecular flexibility index (Phi) is 7.28. The minimum absolute atomic E-state index is 0.0681. The van der Waals surface area contributed by atoms with Gasteiger partial charge in [0.05, 0.1) is 5.56 Å². The Morgan fingerprint density at radius 2 is 1.89 bits per heavy atom. The molecule has 0 fully saturated rings. The van der Waals surface area contributed by atoms with Gasteiger partial charge in [-0.2, -0.15) is 5.10 Å². The molecule has 0 saturated carbocycles. The zero-order chi connectivity index (χ0) is 25.8. The summed E-state index contributed by atoms with van der Waals surface area (Å²) in [5.41, 5.74) is 4.30.